The fourth-order valence-corrected chi connectivity index (χ4v) is 4.76. The van der Waals surface area contributed by atoms with Gasteiger partial charge < -0.3 is 34.6 Å². The standard InChI is InChI=1S/C24H35N5O5S/c1-28(11-13-33-3)24-27-21(16-35-24)23(31)26-20-8-7-17(29-10-5-6-18(29)15-34-4)14-19(20)22(30)25-9-12-32-2/h7-8,14,16,18H,5-6,9-13,15H2,1-4H3,(H,25,30)(H,26,31)/t18-/m1/s1. The van der Waals surface area contributed by atoms with Gasteiger partial charge in [-0.25, -0.2) is 4.98 Å². The molecule has 0 aliphatic carbocycles. The first kappa shape index (κ1) is 26.9. The Hall–Kier alpha value is -2.73. The van der Waals surface area contributed by atoms with Gasteiger partial charge in [-0.3, -0.25) is 9.59 Å². The highest BCUT2D eigenvalue weighted by Gasteiger charge is 2.26. The molecule has 1 aromatic carbocycles. The van der Waals surface area contributed by atoms with E-state index in [1.54, 1.807) is 32.8 Å². The van der Waals surface area contributed by atoms with Gasteiger partial charge in [0.15, 0.2) is 5.13 Å². The average Bonchev–Trinajstić information content (AvgIpc) is 3.53. The van der Waals surface area contributed by atoms with Crippen molar-refractivity contribution < 1.29 is 23.8 Å². The molecule has 1 aromatic heterocycles. The van der Waals surface area contributed by atoms with Crippen molar-refractivity contribution in [2.45, 2.75) is 18.9 Å². The second-order valence-corrected chi connectivity index (χ2v) is 9.14. The van der Waals surface area contributed by atoms with E-state index >= 15 is 0 Å². The van der Waals surface area contributed by atoms with Crippen LogP contribution in [0.5, 0.6) is 0 Å². The molecule has 11 heteroatoms. The Morgan fingerprint density at radius 2 is 1.97 bits per heavy atom. The van der Waals surface area contributed by atoms with Gasteiger partial charge in [0.25, 0.3) is 11.8 Å². The van der Waals surface area contributed by atoms with E-state index in [9.17, 15) is 9.59 Å². The van der Waals surface area contributed by atoms with Crippen LogP contribution >= 0.6 is 11.3 Å². The molecule has 0 spiro atoms. The predicted octanol–water partition coefficient (Wildman–Crippen LogP) is 2.47. The Bertz CT molecular complexity index is 985. The molecule has 0 bridgehead atoms. The van der Waals surface area contributed by atoms with Crippen LogP contribution in [0.15, 0.2) is 23.6 Å². The van der Waals surface area contributed by atoms with Gasteiger partial charge in [0, 0.05) is 59.1 Å². The van der Waals surface area contributed by atoms with Crippen LogP contribution in [0.4, 0.5) is 16.5 Å². The summed E-state index contributed by atoms with van der Waals surface area (Å²) in [6, 6.07) is 5.80. The number of likely N-dealkylation sites (N-methyl/N-ethyl adjacent to an activating group) is 1. The Kier molecular flexibility index (Phi) is 10.3. The summed E-state index contributed by atoms with van der Waals surface area (Å²) in [4.78, 5) is 34.7. The van der Waals surface area contributed by atoms with E-state index in [0.29, 0.717) is 49.9 Å². The Morgan fingerprint density at radius 3 is 2.71 bits per heavy atom. The third-order valence-electron chi connectivity index (χ3n) is 5.84. The van der Waals surface area contributed by atoms with Gasteiger partial charge in [0.2, 0.25) is 0 Å². The maximum atomic E-state index is 13.0. The number of carbonyl (C=O) groups is 2. The molecule has 2 amide bonds. The minimum atomic E-state index is -0.371. The molecule has 1 aliphatic rings. The summed E-state index contributed by atoms with van der Waals surface area (Å²) in [5, 5.41) is 8.16. The van der Waals surface area contributed by atoms with Crippen LogP contribution in [0.1, 0.15) is 33.7 Å². The number of carbonyl (C=O) groups excluding carboxylic acids is 2. The molecule has 0 saturated carbocycles. The molecule has 10 nitrogen and oxygen atoms in total. The molecule has 2 aromatic rings. The summed E-state index contributed by atoms with van der Waals surface area (Å²) in [5.74, 6) is -0.648. The number of anilines is 3. The molecule has 1 saturated heterocycles. The molecular formula is C24H35N5O5S. The fourth-order valence-electron chi connectivity index (χ4n) is 3.96. The number of methoxy groups -OCH3 is 3. The predicted molar refractivity (Wildman–Crippen MR) is 138 cm³/mol. The quantitative estimate of drug-likeness (QED) is 0.400. The van der Waals surface area contributed by atoms with Crippen LogP contribution in [-0.4, -0.2) is 90.7 Å². The van der Waals surface area contributed by atoms with Gasteiger partial charge >= 0.3 is 0 Å². The van der Waals surface area contributed by atoms with E-state index in [2.05, 4.69) is 20.5 Å². The maximum absolute atomic E-state index is 13.0. The largest absolute Gasteiger partial charge is 0.383 e. The van der Waals surface area contributed by atoms with Crippen molar-refractivity contribution in [3.05, 3.63) is 34.8 Å². The lowest BCUT2D eigenvalue weighted by molar-refractivity contribution is 0.0938. The number of benzene rings is 1. The van der Waals surface area contributed by atoms with E-state index < -0.39 is 0 Å². The summed E-state index contributed by atoms with van der Waals surface area (Å²) >= 11 is 1.38. The lowest BCUT2D eigenvalue weighted by Gasteiger charge is -2.27. The minimum Gasteiger partial charge on any atom is -0.383 e. The van der Waals surface area contributed by atoms with Crippen LogP contribution in [0.25, 0.3) is 0 Å². The summed E-state index contributed by atoms with van der Waals surface area (Å²) in [5.41, 5.74) is 2.04. The number of ether oxygens (including phenoxy) is 3. The van der Waals surface area contributed by atoms with Crippen LogP contribution in [-0.2, 0) is 14.2 Å². The van der Waals surface area contributed by atoms with E-state index in [4.69, 9.17) is 14.2 Å². The number of nitrogens with one attached hydrogen (secondary N) is 2. The second-order valence-electron chi connectivity index (χ2n) is 8.31. The fraction of sp³-hybridized carbons (Fsp3) is 0.542. The zero-order valence-electron chi connectivity index (χ0n) is 20.8. The number of amides is 2. The smallest absolute Gasteiger partial charge is 0.275 e. The van der Waals surface area contributed by atoms with Crippen molar-refractivity contribution in [2.24, 2.45) is 0 Å². The SMILES string of the molecule is COCCNC(=O)c1cc(N2CCC[C@@H]2COC)ccc1NC(=O)c1csc(N(C)CCOC)n1. The average molecular weight is 506 g/mol. The third-order valence-corrected chi connectivity index (χ3v) is 6.79. The number of nitrogens with zero attached hydrogens (tertiary/aromatic N) is 3. The third kappa shape index (κ3) is 7.14. The van der Waals surface area contributed by atoms with Gasteiger partial charge in [-0.15, -0.1) is 11.3 Å². The minimum absolute atomic E-state index is 0.258. The van der Waals surface area contributed by atoms with E-state index in [-0.39, 0.29) is 17.9 Å². The first-order valence-electron chi connectivity index (χ1n) is 11.6. The Labute approximate surface area is 210 Å². The summed E-state index contributed by atoms with van der Waals surface area (Å²) in [6.07, 6.45) is 2.10. The lowest BCUT2D eigenvalue weighted by Crippen LogP contribution is -2.33. The number of rotatable bonds is 13. The molecule has 0 unspecified atom stereocenters. The van der Waals surface area contributed by atoms with Gasteiger partial charge in [-0.1, -0.05) is 0 Å². The van der Waals surface area contributed by atoms with Crippen molar-refractivity contribution in [1.82, 2.24) is 10.3 Å². The number of aromatic nitrogens is 1. The molecular weight excluding hydrogens is 470 g/mol. The topological polar surface area (TPSA) is 105 Å². The zero-order chi connectivity index (χ0) is 25.2. The molecule has 2 N–H and O–H groups in total. The highest BCUT2D eigenvalue weighted by molar-refractivity contribution is 7.13. The maximum Gasteiger partial charge on any atom is 0.275 e. The molecule has 192 valence electrons. The van der Waals surface area contributed by atoms with Gasteiger partial charge in [0.1, 0.15) is 5.69 Å². The van der Waals surface area contributed by atoms with Crippen LogP contribution < -0.4 is 20.4 Å². The van der Waals surface area contributed by atoms with E-state index in [0.717, 1.165) is 30.2 Å². The highest BCUT2D eigenvalue weighted by Crippen LogP contribution is 2.30. The molecule has 0 radical (unpaired) electrons. The zero-order valence-corrected chi connectivity index (χ0v) is 21.7. The first-order chi connectivity index (χ1) is 17.0. The number of thiazole rings is 1. The number of hydrogen-bond acceptors (Lipinski definition) is 9. The molecule has 1 atom stereocenters. The molecule has 1 fully saturated rings. The normalized spacial score (nSPS) is 15.3. The summed E-state index contributed by atoms with van der Waals surface area (Å²) < 4.78 is 15.5. The highest BCUT2D eigenvalue weighted by atomic mass is 32.1. The first-order valence-corrected chi connectivity index (χ1v) is 12.5. The van der Waals surface area contributed by atoms with Crippen LogP contribution in [0.2, 0.25) is 0 Å². The molecule has 2 heterocycles. The summed E-state index contributed by atoms with van der Waals surface area (Å²) in [7, 11) is 6.82. The molecule has 3 rings (SSSR count). The van der Waals surface area contributed by atoms with Crippen molar-refractivity contribution in [3.8, 4) is 0 Å². The van der Waals surface area contributed by atoms with E-state index in [1.807, 2.05) is 24.1 Å². The van der Waals surface area contributed by atoms with Crippen molar-refractivity contribution >= 4 is 39.7 Å². The van der Waals surface area contributed by atoms with Crippen molar-refractivity contribution in [3.63, 3.8) is 0 Å². The summed E-state index contributed by atoms with van der Waals surface area (Å²) in [6.45, 7) is 3.51. The van der Waals surface area contributed by atoms with Crippen LogP contribution in [0.3, 0.4) is 0 Å². The monoisotopic (exact) mass is 505 g/mol. The Balaban J connectivity index is 1.81. The number of hydrogen-bond donors (Lipinski definition) is 2. The lowest BCUT2D eigenvalue weighted by atomic mass is 10.1. The van der Waals surface area contributed by atoms with Gasteiger partial charge in [-0.05, 0) is 31.0 Å². The van der Waals surface area contributed by atoms with Crippen molar-refractivity contribution in [1.29, 1.82) is 0 Å². The van der Waals surface area contributed by atoms with Gasteiger partial charge in [-0.2, -0.15) is 0 Å². The molecule has 1 aliphatic heterocycles. The molecule has 35 heavy (non-hydrogen) atoms. The Morgan fingerprint density at radius 1 is 1.17 bits per heavy atom. The second kappa shape index (κ2) is 13.4. The van der Waals surface area contributed by atoms with E-state index in [1.165, 1.54) is 11.3 Å². The van der Waals surface area contributed by atoms with Crippen molar-refractivity contribution in [2.75, 3.05) is 82.9 Å². The van der Waals surface area contributed by atoms with Crippen LogP contribution in [0, 0.1) is 0 Å². The van der Waals surface area contributed by atoms with Gasteiger partial charge in [0.05, 0.1) is 37.1 Å².